The van der Waals surface area contributed by atoms with E-state index in [9.17, 15) is 13.6 Å². The summed E-state index contributed by atoms with van der Waals surface area (Å²) in [5, 5.41) is 2.39. The maximum absolute atomic E-state index is 12.8. The van der Waals surface area contributed by atoms with Crippen LogP contribution in [0.2, 0.25) is 0 Å². The van der Waals surface area contributed by atoms with Crippen LogP contribution in [0.4, 0.5) is 14.5 Å². The van der Waals surface area contributed by atoms with Gasteiger partial charge in [0, 0.05) is 11.8 Å². The van der Waals surface area contributed by atoms with Crippen molar-refractivity contribution in [3.63, 3.8) is 0 Å². The molecule has 1 rings (SSSR count). The third-order valence-electron chi connectivity index (χ3n) is 1.96. The molecule has 3 N–H and O–H groups in total. The number of benzene rings is 1. The molecule has 0 bridgehead atoms. The van der Waals surface area contributed by atoms with E-state index in [4.69, 9.17) is 5.73 Å². The minimum atomic E-state index is -1.00. The van der Waals surface area contributed by atoms with Crippen molar-refractivity contribution in [2.45, 2.75) is 19.4 Å². The normalized spacial score (nSPS) is 12.3. The summed E-state index contributed by atoms with van der Waals surface area (Å²) in [4.78, 5) is 11.3. The molecule has 1 unspecified atom stereocenters. The van der Waals surface area contributed by atoms with Gasteiger partial charge in [-0.1, -0.05) is 6.92 Å². The molecule has 1 aromatic carbocycles. The number of anilines is 1. The number of rotatable bonds is 3. The lowest BCUT2D eigenvalue weighted by Gasteiger charge is -2.09. The van der Waals surface area contributed by atoms with Gasteiger partial charge in [0.1, 0.15) is 0 Å². The Hall–Kier alpha value is -1.49. The van der Waals surface area contributed by atoms with Gasteiger partial charge in [-0.2, -0.15) is 0 Å². The highest BCUT2D eigenvalue weighted by molar-refractivity contribution is 5.94. The van der Waals surface area contributed by atoms with Crippen molar-refractivity contribution in [1.29, 1.82) is 0 Å². The Kier molecular flexibility index (Phi) is 3.74. The van der Waals surface area contributed by atoms with Gasteiger partial charge in [-0.3, -0.25) is 4.79 Å². The fraction of sp³-hybridized carbons (Fsp3) is 0.300. The second kappa shape index (κ2) is 4.84. The summed E-state index contributed by atoms with van der Waals surface area (Å²) < 4.78 is 25.3. The first-order valence-electron chi connectivity index (χ1n) is 4.56. The number of hydrogen-bond donors (Lipinski definition) is 2. The van der Waals surface area contributed by atoms with Gasteiger partial charge in [-0.05, 0) is 18.6 Å². The number of carbonyl (C=O) groups excluding carboxylic acids is 1. The predicted molar refractivity (Wildman–Crippen MR) is 53.3 cm³/mol. The van der Waals surface area contributed by atoms with Gasteiger partial charge in [0.05, 0.1) is 6.04 Å². The predicted octanol–water partition coefficient (Wildman–Crippen LogP) is 1.64. The summed E-state index contributed by atoms with van der Waals surface area (Å²) in [7, 11) is 0. The number of amides is 1. The lowest BCUT2D eigenvalue weighted by Crippen LogP contribution is -2.34. The van der Waals surface area contributed by atoms with Crippen molar-refractivity contribution >= 4 is 11.6 Å². The topological polar surface area (TPSA) is 55.1 Å². The Bertz CT molecular complexity index is 368. The van der Waals surface area contributed by atoms with Gasteiger partial charge in [0.25, 0.3) is 0 Å². The number of hydrogen-bond acceptors (Lipinski definition) is 2. The van der Waals surface area contributed by atoms with Crippen molar-refractivity contribution in [2.75, 3.05) is 5.32 Å². The van der Waals surface area contributed by atoms with E-state index in [1.165, 1.54) is 6.07 Å². The number of carbonyl (C=O) groups is 1. The summed E-state index contributed by atoms with van der Waals surface area (Å²) >= 11 is 0. The van der Waals surface area contributed by atoms with E-state index < -0.39 is 23.6 Å². The molecule has 0 aliphatic rings. The third-order valence-corrected chi connectivity index (χ3v) is 1.96. The molecule has 0 radical (unpaired) electrons. The summed E-state index contributed by atoms with van der Waals surface area (Å²) in [6, 6.07) is 2.50. The quantitative estimate of drug-likeness (QED) is 0.803. The fourth-order valence-corrected chi connectivity index (χ4v) is 0.994. The Balaban J connectivity index is 2.73. The summed E-state index contributed by atoms with van der Waals surface area (Å²) in [5.41, 5.74) is 5.65. The lowest BCUT2D eigenvalue weighted by atomic mass is 10.2. The molecule has 0 saturated heterocycles. The zero-order valence-corrected chi connectivity index (χ0v) is 8.26. The Labute approximate surface area is 86.3 Å². The minimum Gasteiger partial charge on any atom is -0.325 e. The highest BCUT2D eigenvalue weighted by atomic mass is 19.2. The third kappa shape index (κ3) is 2.99. The van der Waals surface area contributed by atoms with Crippen LogP contribution >= 0.6 is 0 Å². The Morgan fingerprint density at radius 3 is 2.67 bits per heavy atom. The molecular formula is C10H12F2N2O. The van der Waals surface area contributed by atoms with Gasteiger partial charge in [0.2, 0.25) is 5.91 Å². The molecule has 0 aromatic heterocycles. The van der Waals surface area contributed by atoms with Gasteiger partial charge >= 0.3 is 0 Å². The van der Waals surface area contributed by atoms with Crippen molar-refractivity contribution in [2.24, 2.45) is 5.73 Å². The van der Waals surface area contributed by atoms with E-state index in [0.717, 1.165) is 12.1 Å². The molecule has 0 saturated carbocycles. The molecule has 0 aliphatic carbocycles. The van der Waals surface area contributed by atoms with Crippen molar-refractivity contribution in [3.8, 4) is 0 Å². The molecule has 82 valence electrons. The van der Waals surface area contributed by atoms with E-state index in [2.05, 4.69) is 5.32 Å². The molecule has 0 aliphatic heterocycles. The molecule has 1 aromatic rings. The van der Waals surface area contributed by atoms with Crippen LogP contribution in [0.5, 0.6) is 0 Å². The standard InChI is InChI=1S/C10H12F2N2O/c1-2-9(13)10(15)14-6-3-4-7(11)8(12)5-6/h3-5,9H,2,13H2,1H3,(H,14,15). The average molecular weight is 214 g/mol. The van der Waals surface area contributed by atoms with Crippen molar-refractivity contribution < 1.29 is 13.6 Å². The molecule has 1 atom stereocenters. The van der Waals surface area contributed by atoms with E-state index in [1.54, 1.807) is 6.92 Å². The van der Waals surface area contributed by atoms with E-state index in [1.807, 2.05) is 0 Å². The maximum atomic E-state index is 12.8. The van der Waals surface area contributed by atoms with E-state index in [0.29, 0.717) is 6.42 Å². The first-order chi connectivity index (χ1) is 7.04. The smallest absolute Gasteiger partial charge is 0.241 e. The summed E-state index contributed by atoms with van der Waals surface area (Å²) in [6.07, 6.45) is 0.482. The highest BCUT2D eigenvalue weighted by Crippen LogP contribution is 2.13. The Morgan fingerprint density at radius 2 is 2.13 bits per heavy atom. The fourth-order valence-electron chi connectivity index (χ4n) is 0.994. The zero-order valence-electron chi connectivity index (χ0n) is 8.26. The average Bonchev–Trinajstić information content (AvgIpc) is 2.22. The molecule has 0 spiro atoms. The lowest BCUT2D eigenvalue weighted by molar-refractivity contribution is -0.117. The molecule has 3 nitrogen and oxygen atoms in total. The second-order valence-electron chi connectivity index (χ2n) is 3.13. The monoisotopic (exact) mass is 214 g/mol. The van der Waals surface area contributed by atoms with Gasteiger partial charge < -0.3 is 11.1 Å². The molecule has 1 amide bonds. The van der Waals surface area contributed by atoms with Crippen LogP contribution in [0.25, 0.3) is 0 Å². The second-order valence-corrected chi connectivity index (χ2v) is 3.13. The SMILES string of the molecule is CCC(N)C(=O)Nc1ccc(F)c(F)c1. The van der Waals surface area contributed by atoms with Crippen LogP contribution in [-0.2, 0) is 4.79 Å². The highest BCUT2D eigenvalue weighted by Gasteiger charge is 2.11. The Morgan fingerprint density at radius 1 is 1.47 bits per heavy atom. The van der Waals surface area contributed by atoms with Crippen LogP contribution in [0.15, 0.2) is 18.2 Å². The molecule has 0 fully saturated rings. The number of nitrogens with two attached hydrogens (primary N) is 1. The number of nitrogens with one attached hydrogen (secondary N) is 1. The van der Waals surface area contributed by atoms with Crippen LogP contribution in [0.3, 0.4) is 0 Å². The minimum absolute atomic E-state index is 0.197. The zero-order chi connectivity index (χ0) is 11.4. The van der Waals surface area contributed by atoms with Gasteiger partial charge in [-0.15, -0.1) is 0 Å². The first kappa shape index (κ1) is 11.6. The largest absolute Gasteiger partial charge is 0.325 e. The molecule has 0 heterocycles. The van der Waals surface area contributed by atoms with Crippen molar-refractivity contribution in [3.05, 3.63) is 29.8 Å². The molecule has 5 heteroatoms. The molecule has 15 heavy (non-hydrogen) atoms. The summed E-state index contributed by atoms with van der Waals surface area (Å²) in [6.45, 7) is 1.76. The van der Waals surface area contributed by atoms with Crippen LogP contribution in [0.1, 0.15) is 13.3 Å². The summed E-state index contributed by atoms with van der Waals surface area (Å²) in [5.74, 6) is -2.37. The first-order valence-corrected chi connectivity index (χ1v) is 4.56. The van der Waals surface area contributed by atoms with Crippen molar-refractivity contribution in [1.82, 2.24) is 0 Å². The van der Waals surface area contributed by atoms with Crippen LogP contribution < -0.4 is 11.1 Å². The van der Waals surface area contributed by atoms with Crippen LogP contribution in [-0.4, -0.2) is 11.9 Å². The van der Waals surface area contributed by atoms with Crippen LogP contribution in [0, 0.1) is 11.6 Å². The molecular weight excluding hydrogens is 202 g/mol. The maximum Gasteiger partial charge on any atom is 0.241 e. The van der Waals surface area contributed by atoms with E-state index in [-0.39, 0.29) is 5.69 Å². The van der Waals surface area contributed by atoms with Gasteiger partial charge in [0.15, 0.2) is 11.6 Å². The van der Waals surface area contributed by atoms with E-state index >= 15 is 0 Å². The number of halogens is 2. The van der Waals surface area contributed by atoms with Gasteiger partial charge in [-0.25, -0.2) is 8.78 Å².